The largest absolute Gasteiger partial charge is 0.481 e. The first-order valence-electron chi connectivity index (χ1n) is 8.80. The third kappa shape index (κ3) is 7.58. The highest BCUT2D eigenvalue weighted by atomic mass is 16.4. The molecule has 0 aromatic heterocycles. The van der Waals surface area contributed by atoms with E-state index in [1.807, 2.05) is 33.8 Å². The van der Waals surface area contributed by atoms with E-state index in [4.69, 9.17) is 5.11 Å². The number of hydrogen-bond donors (Lipinski definition) is 3. The van der Waals surface area contributed by atoms with E-state index in [0.29, 0.717) is 6.42 Å². The van der Waals surface area contributed by atoms with Crippen LogP contribution in [0.3, 0.4) is 0 Å². The van der Waals surface area contributed by atoms with Crippen molar-refractivity contribution in [2.45, 2.75) is 73.0 Å². The zero-order valence-corrected chi connectivity index (χ0v) is 15.8. The molecule has 0 saturated heterocycles. The molecule has 0 heterocycles. The quantitative estimate of drug-likeness (QED) is 0.502. The number of Topliss-reactive ketones (excluding diaryl/α,β-unsaturated/α-hetero) is 1. The van der Waals surface area contributed by atoms with Crippen LogP contribution in [0.4, 0.5) is 0 Å². The summed E-state index contributed by atoms with van der Waals surface area (Å²) in [5, 5.41) is 28.8. The van der Waals surface area contributed by atoms with Crippen molar-refractivity contribution >= 4 is 11.8 Å². The summed E-state index contributed by atoms with van der Waals surface area (Å²) >= 11 is 0. The highest BCUT2D eigenvalue weighted by Gasteiger charge is 2.28. The lowest BCUT2D eigenvalue weighted by atomic mass is 9.83. The van der Waals surface area contributed by atoms with E-state index < -0.39 is 24.1 Å². The van der Waals surface area contributed by atoms with Gasteiger partial charge >= 0.3 is 5.97 Å². The Labute approximate surface area is 145 Å². The predicted molar refractivity (Wildman–Crippen MR) is 94.6 cm³/mol. The SMILES string of the molecule is CCC(C)C(O)C(C)C(=O)C(C)C=C(C)CC(C)C(O)CC(=O)O. The van der Waals surface area contributed by atoms with Crippen LogP contribution < -0.4 is 0 Å². The van der Waals surface area contributed by atoms with Gasteiger partial charge in [-0.2, -0.15) is 0 Å². The number of carbonyl (C=O) groups is 2. The minimum absolute atomic E-state index is 0.000822. The summed E-state index contributed by atoms with van der Waals surface area (Å²) in [4.78, 5) is 23.1. The number of rotatable bonds is 11. The van der Waals surface area contributed by atoms with Crippen LogP contribution in [0.5, 0.6) is 0 Å². The van der Waals surface area contributed by atoms with Crippen molar-refractivity contribution in [3.05, 3.63) is 11.6 Å². The molecule has 5 nitrogen and oxygen atoms in total. The van der Waals surface area contributed by atoms with Crippen molar-refractivity contribution in [2.75, 3.05) is 0 Å². The lowest BCUT2D eigenvalue weighted by Crippen LogP contribution is -2.33. The Kier molecular flexibility index (Phi) is 10.1. The summed E-state index contributed by atoms with van der Waals surface area (Å²) in [5.74, 6) is -1.87. The summed E-state index contributed by atoms with van der Waals surface area (Å²) < 4.78 is 0. The van der Waals surface area contributed by atoms with Gasteiger partial charge in [-0.15, -0.1) is 0 Å². The van der Waals surface area contributed by atoms with Gasteiger partial charge in [-0.3, -0.25) is 9.59 Å². The van der Waals surface area contributed by atoms with Crippen molar-refractivity contribution < 1.29 is 24.9 Å². The zero-order valence-electron chi connectivity index (χ0n) is 15.8. The Morgan fingerprint density at radius 1 is 1.00 bits per heavy atom. The first kappa shape index (κ1) is 22.8. The second-order valence-corrected chi connectivity index (χ2v) is 7.22. The van der Waals surface area contributed by atoms with Gasteiger partial charge < -0.3 is 15.3 Å². The van der Waals surface area contributed by atoms with Crippen LogP contribution in [0.1, 0.15) is 60.8 Å². The molecule has 0 aliphatic heterocycles. The number of allylic oxidation sites excluding steroid dienone is 2. The van der Waals surface area contributed by atoms with E-state index in [9.17, 15) is 19.8 Å². The molecule has 24 heavy (non-hydrogen) atoms. The molecular formula is C19H34O5. The molecule has 5 heteroatoms. The Morgan fingerprint density at radius 3 is 2.00 bits per heavy atom. The van der Waals surface area contributed by atoms with Crippen molar-refractivity contribution in [3.63, 3.8) is 0 Å². The Bertz CT molecular complexity index is 443. The normalized spacial score (nSPS) is 19.9. The molecule has 6 atom stereocenters. The van der Waals surface area contributed by atoms with Crippen LogP contribution in [0.2, 0.25) is 0 Å². The predicted octanol–water partition coefficient (Wildman–Crippen LogP) is 3.04. The third-order valence-corrected chi connectivity index (χ3v) is 4.86. The number of carboxylic acid groups (broad SMARTS) is 1. The number of ketones is 1. The van der Waals surface area contributed by atoms with Gasteiger partial charge in [-0.25, -0.2) is 0 Å². The number of carbonyl (C=O) groups excluding carboxylic acids is 1. The van der Waals surface area contributed by atoms with Gasteiger partial charge in [0, 0.05) is 11.8 Å². The number of aliphatic hydroxyl groups excluding tert-OH is 2. The average molecular weight is 342 g/mol. The highest BCUT2D eigenvalue weighted by molar-refractivity contribution is 5.85. The van der Waals surface area contributed by atoms with Crippen molar-refractivity contribution in [2.24, 2.45) is 23.7 Å². The lowest BCUT2D eigenvalue weighted by molar-refractivity contribution is -0.139. The standard InChI is InChI=1S/C19H34O5/c1-7-12(3)18(23)15(6)19(24)14(5)9-11(2)8-13(4)16(20)10-17(21)22/h9,12-16,18,20,23H,7-8,10H2,1-6H3,(H,21,22). The van der Waals surface area contributed by atoms with E-state index >= 15 is 0 Å². The molecule has 0 radical (unpaired) electrons. The second-order valence-electron chi connectivity index (χ2n) is 7.22. The Balaban J connectivity index is 4.75. The topological polar surface area (TPSA) is 94.8 Å². The zero-order chi connectivity index (χ0) is 19.0. The first-order chi connectivity index (χ1) is 11.0. The molecule has 0 bridgehead atoms. The number of carboxylic acids is 1. The van der Waals surface area contributed by atoms with Gasteiger partial charge in [0.15, 0.2) is 0 Å². The van der Waals surface area contributed by atoms with Crippen LogP contribution in [-0.2, 0) is 9.59 Å². The van der Waals surface area contributed by atoms with Crippen LogP contribution >= 0.6 is 0 Å². The molecule has 0 fully saturated rings. The first-order valence-corrected chi connectivity index (χ1v) is 8.80. The van der Waals surface area contributed by atoms with Gasteiger partial charge in [0.25, 0.3) is 0 Å². The van der Waals surface area contributed by atoms with E-state index in [2.05, 4.69) is 0 Å². The van der Waals surface area contributed by atoms with E-state index in [1.165, 1.54) is 0 Å². The molecule has 0 aliphatic carbocycles. The summed E-state index contributed by atoms with van der Waals surface area (Å²) in [7, 11) is 0. The van der Waals surface area contributed by atoms with Crippen LogP contribution in [-0.4, -0.2) is 39.3 Å². The maximum Gasteiger partial charge on any atom is 0.305 e. The van der Waals surface area contributed by atoms with Crippen molar-refractivity contribution in [3.8, 4) is 0 Å². The molecular weight excluding hydrogens is 308 g/mol. The number of aliphatic hydroxyl groups is 2. The second kappa shape index (κ2) is 10.6. The summed E-state index contributed by atoms with van der Waals surface area (Å²) in [6.07, 6.45) is 1.39. The van der Waals surface area contributed by atoms with Crippen LogP contribution in [0, 0.1) is 23.7 Å². The van der Waals surface area contributed by atoms with Gasteiger partial charge in [-0.1, -0.05) is 52.7 Å². The van der Waals surface area contributed by atoms with Crippen LogP contribution in [0.25, 0.3) is 0 Å². The molecule has 0 amide bonds. The summed E-state index contributed by atoms with van der Waals surface area (Å²) in [5.41, 5.74) is 0.943. The number of hydrogen-bond acceptors (Lipinski definition) is 4. The van der Waals surface area contributed by atoms with Gasteiger partial charge in [0.2, 0.25) is 0 Å². The van der Waals surface area contributed by atoms with Gasteiger partial charge in [0.05, 0.1) is 18.6 Å². The van der Waals surface area contributed by atoms with Crippen molar-refractivity contribution in [1.29, 1.82) is 0 Å². The molecule has 0 aromatic carbocycles. The molecule has 6 unspecified atom stereocenters. The minimum Gasteiger partial charge on any atom is -0.481 e. The molecule has 140 valence electrons. The minimum atomic E-state index is -1.02. The van der Waals surface area contributed by atoms with E-state index in [1.54, 1.807) is 13.8 Å². The van der Waals surface area contributed by atoms with E-state index in [0.717, 1.165) is 12.0 Å². The Morgan fingerprint density at radius 2 is 1.54 bits per heavy atom. The fourth-order valence-corrected chi connectivity index (χ4v) is 2.92. The van der Waals surface area contributed by atoms with Crippen LogP contribution in [0.15, 0.2) is 11.6 Å². The maximum absolute atomic E-state index is 12.5. The fourth-order valence-electron chi connectivity index (χ4n) is 2.92. The monoisotopic (exact) mass is 342 g/mol. The summed E-state index contributed by atoms with van der Waals surface area (Å²) in [6, 6.07) is 0. The molecule has 0 rings (SSSR count). The molecule has 0 aromatic rings. The molecule has 3 N–H and O–H groups in total. The fraction of sp³-hybridized carbons (Fsp3) is 0.789. The van der Waals surface area contributed by atoms with E-state index in [-0.39, 0.29) is 30.0 Å². The third-order valence-electron chi connectivity index (χ3n) is 4.86. The number of aliphatic carboxylic acids is 1. The molecule has 0 saturated carbocycles. The average Bonchev–Trinajstić information content (AvgIpc) is 2.50. The highest BCUT2D eigenvalue weighted by Crippen LogP contribution is 2.23. The van der Waals surface area contributed by atoms with Crippen molar-refractivity contribution in [1.82, 2.24) is 0 Å². The summed E-state index contributed by atoms with van der Waals surface area (Å²) in [6.45, 7) is 11.2. The smallest absolute Gasteiger partial charge is 0.305 e. The lowest BCUT2D eigenvalue weighted by Gasteiger charge is -2.25. The van der Waals surface area contributed by atoms with Gasteiger partial charge in [0.1, 0.15) is 5.78 Å². The Hall–Kier alpha value is -1.20. The van der Waals surface area contributed by atoms with Gasteiger partial charge in [-0.05, 0) is 25.2 Å². The maximum atomic E-state index is 12.5. The molecule has 0 aliphatic rings. The molecule has 0 spiro atoms.